The quantitative estimate of drug-likeness (QED) is 0.866. The summed E-state index contributed by atoms with van der Waals surface area (Å²) in [4.78, 5) is 13.8. The first-order chi connectivity index (χ1) is 12.3. The Bertz CT molecular complexity index is 731. The van der Waals surface area contributed by atoms with Crippen LogP contribution in [0.3, 0.4) is 0 Å². The third kappa shape index (κ3) is 4.37. The van der Waals surface area contributed by atoms with Crippen molar-refractivity contribution in [3.05, 3.63) is 24.3 Å². The second-order valence-corrected chi connectivity index (χ2v) is 6.46. The average molecular weight is 368 g/mol. The van der Waals surface area contributed by atoms with E-state index in [1.165, 1.54) is 0 Å². The summed E-state index contributed by atoms with van der Waals surface area (Å²) >= 11 is 0. The number of anilines is 1. The van der Waals surface area contributed by atoms with E-state index in [-0.39, 0.29) is 31.5 Å². The average Bonchev–Trinajstić information content (AvgIpc) is 3.11. The number of halogens is 3. The van der Waals surface area contributed by atoms with Crippen LogP contribution in [-0.4, -0.2) is 56.7 Å². The van der Waals surface area contributed by atoms with Crippen LogP contribution in [0, 0.1) is 5.92 Å². The molecule has 140 valence electrons. The van der Waals surface area contributed by atoms with Crippen molar-refractivity contribution in [2.45, 2.75) is 32.0 Å². The van der Waals surface area contributed by atoms with Gasteiger partial charge in [0.15, 0.2) is 0 Å². The van der Waals surface area contributed by atoms with E-state index in [0.717, 1.165) is 5.56 Å². The van der Waals surface area contributed by atoms with Gasteiger partial charge in [-0.2, -0.15) is 18.4 Å². The molecule has 0 saturated carbocycles. The monoisotopic (exact) mass is 368 g/mol. The third-order valence-corrected chi connectivity index (χ3v) is 4.59. The molecular formula is C16H19F3N6O. The number of alkyl halides is 3. The molecule has 2 atom stereocenters. The molecule has 0 aliphatic carbocycles. The number of piperidine rings is 1. The number of nitrogens with zero attached hydrogens (tertiary/aromatic N) is 4. The van der Waals surface area contributed by atoms with Crippen LogP contribution < -0.4 is 5.32 Å². The van der Waals surface area contributed by atoms with Crippen molar-refractivity contribution in [1.29, 1.82) is 0 Å². The van der Waals surface area contributed by atoms with Crippen LogP contribution in [-0.2, 0) is 4.79 Å². The maximum absolute atomic E-state index is 12.9. The number of likely N-dealkylation sites (tertiary alicyclic amines) is 1. The highest BCUT2D eigenvalue weighted by atomic mass is 19.4. The van der Waals surface area contributed by atoms with Gasteiger partial charge in [0.05, 0.1) is 12.5 Å². The summed E-state index contributed by atoms with van der Waals surface area (Å²) in [5.74, 6) is -1.28. The lowest BCUT2D eigenvalue weighted by atomic mass is 9.93. The van der Waals surface area contributed by atoms with Gasteiger partial charge < -0.3 is 5.32 Å². The molecule has 0 radical (unpaired) electrons. The summed E-state index contributed by atoms with van der Waals surface area (Å²) < 4.78 is 38.8. The van der Waals surface area contributed by atoms with Crippen LogP contribution >= 0.6 is 0 Å². The highest BCUT2D eigenvalue weighted by Gasteiger charge is 2.43. The lowest BCUT2D eigenvalue weighted by Gasteiger charge is -2.38. The minimum absolute atomic E-state index is 0.0556. The van der Waals surface area contributed by atoms with Crippen LogP contribution in [0.15, 0.2) is 24.3 Å². The number of carbonyl (C=O) groups excluding carboxylic acids is 1. The van der Waals surface area contributed by atoms with Crippen molar-refractivity contribution in [2.75, 3.05) is 18.4 Å². The first-order valence-corrected chi connectivity index (χ1v) is 8.27. The fourth-order valence-corrected chi connectivity index (χ4v) is 3.04. The Morgan fingerprint density at radius 2 is 2.04 bits per heavy atom. The van der Waals surface area contributed by atoms with Crippen LogP contribution in [0.2, 0.25) is 0 Å². The number of tetrazole rings is 1. The van der Waals surface area contributed by atoms with Crippen LogP contribution in [0.1, 0.15) is 19.8 Å². The fraction of sp³-hybridized carbons (Fsp3) is 0.500. The lowest BCUT2D eigenvalue weighted by molar-refractivity contribution is -0.190. The van der Waals surface area contributed by atoms with E-state index in [9.17, 15) is 18.0 Å². The van der Waals surface area contributed by atoms with Crippen LogP contribution in [0.25, 0.3) is 11.4 Å². The van der Waals surface area contributed by atoms with Gasteiger partial charge >= 0.3 is 6.18 Å². The zero-order chi connectivity index (χ0) is 18.7. The zero-order valence-electron chi connectivity index (χ0n) is 14.1. The van der Waals surface area contributed by atoms with E-state index in [1.54, 1.807) is 29.2 Å². The predicted octanol–water partition coefficient (Wildman–Crippen LogP) is 2.47. The van der Waals surface area contributed by atoms with E-state index in [1.807, 2.05) is 6.92 Å². The normalized spacial score (nSPS) is 21.5. The summed E-state index contributed by atoms with van der Waals surface area (Å²) in [5, 5.41) is 16.2. The molecule has 0 bridgehead atoms. The molecule has 1 aliphatic heterocycles. The molecule has 1 aliphatic rings. The molecule has 1 fully saturated rings. The number of carbonyl (C=O) groups is 1. The summed E-state index contributed by atoms with van der Waals surface area (Å²) in [6.07, 6.45) is -3.68. The molecule has 2 N–H and O–H groups in total. The maximum Gasteiger partial charge on any atom is 0.393 e. The van der Waals surface area contributed by atoms with E-state index >= 15 is 0 Å². The van der Waals surface area contributed by atoms with Gasteiger partial charge in [-0.15, -0.1) is 10.2 Å². The number of amides is 1. The number of rotatable bonds is 4. The lowest BCUT2D eigenvalue weighted by Crippen LogP contribution is -2.48. The molecule has 3 rings (SSSR count). The van der Waals surface area contributed by atoms with Crippen molar-refractivity contribution in [1.82, 2.24) is 25.5 Å². The van der Waals surface area contributed by atoms with Gasteiger partial charge in [-0.1, -0.05) is 0 Å². The minimum Gasteiger partial charge on any atom is -0.325 e. The zero-order valence-corrected chi connectivity index (χ0v) is 14.1. The summed E-state index contributed by atoms with van der Waals surface area (Å²) in [6, 6.07) is 6.76. The molecule has 1 saturated heterocycles. The molecule has 2 heterocycles. The van der Waals surface area contributed by atoms with Crippen molar-refractivity contribution in [2.24, 2.45) is 5.92 Å². The molecular weight excluding hydrogens is 349 g/mol. The molecule has 7 nitrogen and oxygen atoms in total. The largest absolute Gasteiger partial charge is 0.393 e. The van der Waals surface area contributed by atoms with E-state index in [4.69, 9.17) is 0 Å². The second kappa shape index (κ2) is 7.40. The molecule has 0 spiro atoms. The first-order valence-electron chi connectivity index (χ1n) is 8.27. The predicted molar refractivity (Wildman–Crippen MR) is 88.1 cm³/mol. The second-order valence-electron chi connectivity index (χ2n) is 6.46. The Morgan fingerprint density at radius 1 is 1.31 bits per heavy atom. The van der Waals surface area contributed by atoms with Gasteiger partial charge in [-0.25, -0.2) is 0 Å². The Morgan fingerprint density at radius 3 is 2.65 bits per heavy atom. The Balaban J connectivity index is 1.58. The standard InChI is InChI=1S/C16H19F3N6O/c1-10-2-5-12(16(17,18)19)8-25(10)9-14(26)20-13-6-3-11(4-7-13)15-21-23-24-22-15/h3-4,6-7,10,12H,2,5,8-9H2,1H3,(H,20,26)(H,21,22,23,24). The molecule has 26 heavy (non-hydrogen) atoms. The van der Waals surface area contributed by atoms with Gasteiger partial charge in [0.2, 0.25) is 11.7 Å². The van der Waals surface area contributed by atoms with Crippen molar-refractivity contribution in [3.8, 4) is 11.4 Å². The molecule has 1 aromatic heterocycles. The van der Waals surface area contributed by atoms with Crippen molar-refractivity contribution < 1.29 is 18.0 Å². The molecule has 10 heteroatoms. The number of benzene rings is 1. The van der Waals surface area contributed by atoms with Crippen LogP contribution in [0.5, 0.6) is 0 Å². The number of aromatic amines is 1. The van der Waals surface area contributed by atoms with Crippen LogP contribution in [0.4, 0.5) is 18.9 Å². The molecule has 1 aromatic carbocycles. The Labute approximate surface area is 148 Å². The highest BCUT2D eigenvalue weighted by Crippen LogP contribution is 2.34. The van der Waals surface area contributed by atoms with Gasteiger partial charge in [-0.3, -0.25) is 9.69 Å². The smallest absolute Gasteiger partial charge is 0.325 e. The van der Waals surface area contributed by atoms with E-state index in [0.29, 0.717) is 17.9 Å². The molecule has 2 unspecified atom stereocenters. The van der Waals surface area contributed by atoms with Crippen molar-refractivity contribution in [3.63, 3.8) is 0 Å². The minimum atomic E-state index is -4.22. The SMILES string of the molecule is CC1CCC(C(F)(F)F)CN1CC(=O)Nc1ccc(-c2nn[nH]n2)cc1. The number of H-pyrrole nitrogens is 1. The highest BCUT2D eigenvalue weighted by molar-refractivity contribution is 5.92. The number of nitrogens with one attached hydrogen (secondary N) is 2. The Hall–Kier alpha value is -2.49. The molecule has 2 aromatic rings. The van der Waals surface area contributed by atoms with E-state index in [2.05, 4.69) is 25.9 Å². The third-order valence-electron chi connectivity index (χ3n) is 4.59. The summed E-state index contributed by atoms with van der Waals surface area (Å²) in [7, 11) is 0. The maximum atomic E-state index is 12.9. The summed E-state index contributed by atoms with van der Waals surface area (Å²) in [5.41, 5.74) is 1.29. The number of aromatic nitrogens is 4. The van der Waals surface area contributed by atoms with Gasteiger partial charge in [-0.05, 0) is 49.2 Å². The fourth-order valence-electron chi connectivity index (χ4n) is 3.04. The Kier molecular flexibility index (Phi) is 5.21. The molecule has 1 amide bonds. The topological polar surface area (TPSA) is 86.8 Å². The van der Waals surface area contributed by atoms with Crippen molar-refractivity contribution >= 4 is 11.6 Å². The number of hydrogen-bond donors (Lipinski definition) is 2. The first kappa shape index (κ1) is 18.3. The summed E-state index contributed by atoms with van der Waals surface area (Å²) in [6.45, 7) is 1.63. The van der Waals surface area contributed by atoms with Gasteiger partial charge in [0.1, 0.15) is 0 Å². The number of hydrogen-bond acceptors (Lipinski definition) is 5. The van der Waals surface area contributed by atoms with Gasteiger partial charge in [0, 0.05) is 23.8 Å². The van der Waals surface area contributed by atoms with Gasteiger partial charge in [0.25, 0.3) is 0 Å². The van der Waals surface area contributed by atoms with E-state index < -0.39 is 12.1 Å².